The summed E-state index contributed by atoms with van der Waals surface area (Å²) in [7, 11) is 2.52. The van der Waals surface area contributed by atoms with Crippen LogP contribution in [0, 0.1) is 0 Å². The Bertz CT molecular complexity index is 629. The molecule has 0 unspecified atom stereocenters. The van der Waals surface area contributed by atoms with Crippen molar-refractivity contribution in [1.82, 2.24) is 0 Å². The molecule has 0 radical (unpaired) electrons. The lowest BCUT2D eigenvalue weighted by Crippen LogP contribution is -2.11. The highest BCUT2D eigenvalue weighted by molar-refractivity contribution is 6.03. The van der Waals surface area contributed by atoms with Gasteiger partial charge in [-0.2, -0.15) is 0 Å². The Kier molecular flexibility index (Phi) is 7.33. The topological polar surface area (TPSA) is 72.8 Å². The Balaban J connectivity index is 0.000000253. The van der Waals surface area contributed by atoms with E-state index in [1.165, 1.54) is 31.9 Å². The predicted molar refractivity (Wildman–Crippen MR) is 86.6 cm³/mol. The summed E-state index contributed by atoms with van der Waals surface area (Å²) in [4.78, 5) is 22.4. The van der Waals surface area contributed by atoms with Gasteiger partial charge in [-0.05, 0) is 36.2 Å². The molecule has 0 amide bonds. The number of hydrogen-bond acceptors (Lipinski definition) is 5. The van der Waals surface area contributed by atoms with Gasteiger partial charge < -0.3 is 14.6 Å². The number of phenols is 1. The number of hydrogen-bond donors (Lipinski definition) is 1. The standard InChI is InChI=1S/C10H10O4.C8H10O/c1-13-9(11)7-5-3-4-6-8(7)10(12)14-2;1-2-7-4-3-5-8(9)6-7/h3-6H,1-2H3;3-6,9H,2H2,1H3. The van der Waals surface area contributed by atoms with Crippen LogP contribution in [0.4, 0.5) is 0 Å². The number of aryl methyl sites for hydroxylation is 1. The third-order valence-electron chi connectivity index (χ3n) is 3.06. The monoisotopic (exact) mass is 316 g/mol. The number of carbonyl (C=O) groups excluding carboxylic acids is 2. The molecular weight excluding hydrogens is 296 g/mol. The van der Waals surface area contributed by atoms with Crippen LogP contribution in [0.15, 0.2) is 48.5 Å². The third kappa shape index (κ3) is 5.47. The largest absolute Gasteiger partial charge is 0.508 e. The second kappa shape index (κ2) is 9.25. The van der Waals surface area contributed by atoms with Gasteiger partial charge in [0.05, 0.1) is 25.3 Å². The predicted octanol–water partition coefficient (Wildman–Crippen LogP) is 3.21. The summed E-state index contributed by atoms with van der Waals surface area (Å²) in [5.41, 5.74) is 1.60. The molecule has 0 fully saturated rings. The molecule has 2 aromatic carbocycles. The van der Waals surface area contributed by atoms with Gasteiger partial charge in [0.2, 0.25) is 0 Å². The van der Waals surface area contributed by atoms with Crippen molar-refractivity contribution in [1.29, 1.82) is 0 Å². The SMILES string of the molecule is CCc1cccc(O)c1.COC(=O)c1ccccc1C(=O)OC. The van der Waals surface area contributed by atoms with E-state index in [-0.39, 0.29) is 11.1 Å². The Morgan fingerprint density at radius 2 is 1.43 bits per heavy atom. The minimum Gasteiger partial charge on any atom is -0.508 e. The molecule has 0 aliphatic rings. The number of phenolic OH excluding ortho intramolecular Hbond substituents is 1. The molecule has 122 valence electrons. The minimum absolute atomic E-state index is 0.210. The molecule has 0 spiro atoms. The van der Waals surface area contributed by atoms with Gasteiger partial charge in [0.25, 0.3) is 0 Å². The molecule has 0 heterocycles. The molecule has 0 aliphatic heterocycles. The fourth-order valence-electron chi connectivity index (χ4n) is 1.84. The average Bonchev–Trinajstić information content (AvgIpc) is 2.60. The van der Waals surface area contributed by atoms with Crippen molar-refractivity contribution in [3.63, 3.8) is 0 Å². The van der Waals surface area contributed by atoms with Crippen molar-refractivity contribution in [3.8, 4) is 5.75 Å². The molecule has 0 saturated carbocycles. The van der Waals surface area contributed by atoms with E-state index in [1.54, 1.807) is 24.3 Å². The Labute approximate surface area is 135 Å². The maximum absolute atomic E-state index is 11.2. The van der Waals surface area contributed by atoms with Crippen LogP contribution < -0.4 is 0 Å². The molecule has 23 heavy (non-hydrogen) atoms. The first-order valence-electron chi connectivity index (χ1n) is 7.07. The lowest BCUT2D eigenvalue weighted by atomic mass is 10.1. The highest BCUT2D eigenvalue weighted by atomic mass is 16.5. The van der Waals surface area contributed by atoms with Crippen LogP contribution in [-0.2, 0) is 15.9 Å². The quantitative estimate of drug-likeness (QED) is 0.880. The third-order valence-corrected chi connectivity index (χ3v) is 3.06. The van der Waals surface area contributed by atoms with Crippen molar-refractivity contribution >= 4 is 11.9 Å². The molecule has 2 aromatic rings. The van der Waals surface area contributed by atoms with Crippen LogP contribution >= 0.6 is 0 Å². The number of methoxy groups -OCH3 is 2. The van der Waals surface area contributed by atoms with E-state index in [9.17, 15) is 9.59 Å². The van der Waals surface area contributed by atoms with Gasteiger partial charge in [-0.3, -0.25) is 0 Å². The summed E-state index contributed by atoms with van der Waals surface area (Å²) in [6.07, 6.45) is 0.981. The van der Waals surface area contributed by atoms with Gasteiger partial charge in [0, 0.05) is 0 Å². The molecule has 1 N–H and O–H groups in total. The van der Waals surface area contributed by atoms with E-state index in [4.69, 9.17) is 5.11 Å². The Hall–Kier alpha value is -2.82. The van der Waals surface area contributed by atoms with Gasteiger partial charge in [-0.25, -0.2) is 9.59 Å². The summed E-state index contributed by atoms with van der Waals surface area (Å²) in [5, 5.41) is 8.94. The highest BCUT2D eigenvalue weighted by Crippen LogP contribution is 2.11. The van der Waals surface area contributed by atoms with Crippen LogP contribution in [0.25, 0.3) is 0 Å². The van der Waals surface area contributed by atoms with Gasteiger partial charge in [0.15, 0.2) is 0 Å². The number of esters is 2. The zero-order chi connectivity index (χ0) is 17.2. The van der Waals surface area contributed by atoms with Crippen LogP contribution in [0.5, 0.6) is 5.75 Å². The molecule has 0 bridgehead atoms. The first-order valence-corrected chi connectivity index (χ1v) is 7.07. The molecule has 0 aliphatic carbocycles. The molecule has 0 aromatic heterocycles. The minimum atomic E-state index is -0.550. The highest BCUT2D eigenvalue weighted by Gasteiger charge is 2.16. The molecule has 0 atom stereocenters. The maximum atomic E-state index is 11.2. The van der Waals surface area contributed by atoms with E-state index in [0.29, 0.717) is 5.75 Å². The summed E-state index contributed by atoms with van der Waals surface area (Å²) in [6.45, 7) is 2.06. The van der Waals surface area contributed by atoms with Gasteiger partial charge >= 0.3 is 11.9 Å². The lowest BCUT2D eigenvalue weighted by Gasteiger charge is -2.04. The van der Waals surface area contributed by atoms with Gasteiger partial charge in [-0.15, -0.1) is 0 Å². The fourth-order valence-corrected chi connectivity index (χ4v) is 1.84. The van der Waals surface area contributed by atoms with E-state index >= 15 is 0 Å². The zero-order valence-electron chi connectivity index (χ0n) is 13.4. The molecule has 5 heteroatoms. The Morgan fingerprint density at radius 1 is 0.913 bits per heavy atom. The fraction of sp³-hybridized carbons (Fsp3) is 0.222. The van der Waals surface area contributed by atoms with Crippen molar-refractivity contribution in [2.45, 2.75) is 13.3 Å². The number of aromatic hydroxyl groups is 1. The van der Waals surface area contributed by atoms with Crippen molar-refractivity contribution < 1.29 is 24.2 Å². The first kappa shape index (κ1) is 18.2. The maximum Gasteiger partial charge on any atom is 0.338 e. The van der Waals surface area contributed by atoms with Crippen molar-refractivity contribution in [2.24, 2.45) is 0 Å². The second-order valence-electron chi connectivity index (χ2n) is 4.55. The summed E-state index contributed by atoms with van der Waals surface area (Å²) < 4.78 is 9.05. The lowest BCUT2D eigenvalue weighted by molar-refractivity contribution is 0.0555. The number of rotatable bonds is 3. The Morgan fingerprint density at radius 3 is 1.78 bits per heavy atom. The number of benzene rings is 2. The normalized spacial score (nSPS) is 9.35. The van der Waals surface area contributed by atoms with Crippen molar-refractivity contribution in [3.05, 3.63) is 65.2 Å². The molecular formula is C18H20O5. The molecule has 2 rings (SSSR count). The molecule has 5 nitrogen and oxygen atoms in total. The van der Waals surface area contributed by atoms with Gasteiger partial charge in [0.1, 0.15) is 5.75 Å². The first-order chi connectivity index (χ1) is 11.0. The summed E-state index contributed by atoms with van der Waals surface area (Å²) >= 11 is 0. The summed E-state index contributed by atoms with van der Waals surface area (Å²) in [6, 6.07) is 13.6. The number of ether oxygens (including phenoxy) is 2. The second-order valence-corrected chi connectivity index (χ2v) is 4.55. The van der Waals surface area contributed by atoms with E-state index in [1.807, 2.05) is 12.1 Å². The van der Waals surface area contributed by atoms with E-state index < -0.39 is 11.9 Å². The smallest absolute Gasteiger partial charge is 0.338 e. The van der Waals surface area contributed by atoms with Crippen LogP contribution in [0.2, 0.25) is 0 Å². The van der Waals surface area contributed by atoms with Gasteiger partial charge in [-0.1, -0.05) is 31.2 Å². The van der Waals surface area contributed by atoms with E-state index in [2.05, 4.69) is 16.4 Å². The van der Waals surface area contributed by atoms with Crippen LogP contribution in [0.3, 0.4) is 0 Å². The van der Waals surface area contributed by atoms with E-state index in [0.717, 1.165) is 6.42 Å². The number of carbonyl (C=O) groups is 2. The zero-order valence-corrected chi connectivity index (χ0v) is 13.4. The summed E-state index contributed by atoms with van der Waals surface area (Å²) in [5.74, 6) is -0.744. The van der Waals surface area contributed by atoms with Crippen LogP contribution in [0.1, 0.15) is 33.2 Å². The average molecular weight is 316 g/mol. The van der Waals surface area contributed by atoms with Crippen molar-refractivity contribution in [2.75, 3.05) is 14.2 Å². The van der Waals surface area contributed by atoms with Crippen LogP contribution in [-0.4, -0.2) is 31.3 Å². The molecule has 0 saturated heterocycles.